The minimum atomic E-state index is -3.65. The molecule has 3 aromatic rings. The number of ketones is 1. The lowest BCUT2D eigenvalue weighted by molar-refractivity contribution is 0.102. The van der Waals surface area contributed by atoms with Crippen LogP contribution in [-0.4, -0.2) is 37.5 Å². The molecule has 0 bridgehead atoms. The normalized spacial score (nSPS) is 11.5. The number of halogens is 2. The number of benzene rings is 3. The monoisotopic (exact) mass is 532 g/mol. The topological polar surface area (TPSA) is 83.6 Å². The Morgan fingerprint density at radius 1 is 0.914 bits per heavy atom. The average molecular weight is 533 g/mol. The van der Waals surface area contributed by atoms with Crippen molar-refractivity contribution in [2.24, 2.45) is 0 Å². The van der Waals surface area contributed by atoms with Crippen LogP contribution in [0.3, 0.4) is 0 Å². The Hall–Kier alpha value is -2.71. The lowest BCUT2D eigenvalue weighted by Crippen LogP contribution is -2.31. The quantitative estimate of drug-likeness (QED) is 0.311. The maximum absolute atomic E-state index is 13.1. The number of hydrogen-bond acceptors (Lipinski definition) is 4. The van der Waals surface area contributed by atoms with E-state index in [1.165, 1.54) is 40.7 Å². The highest BCUT2D eigenvalue weighted by Gasteiger charge is 2.23. The smallest absolute Gasteiger partial charge is 0.255 e. The molecule has 0 aliphatic carbocycles. The Balaban J connectivity index is 1.85. The summed E-state index contributed by atoms with van der Waals surface area (Å²) < 4.78 is 27.3. The molecule has 0 spiro atoms. The Morgan fingerprint density at radius 2 is 1.60 bits per heavy atom. The number of hydrogen-bond donors (Lipinski definition) is 1. The molecule has 1 N–H and O–H groups in total. The largest absolute Gasteiger partial charge is 0.321 e. The van der Waals surface area contributed by atoms with Gasteiger partial charge in [0.05, 0.1) is 15.6 Å². The van der Waals surface area contributed by atoms with E-state index >= 15 is 0 Å². The van der Waals surface area contributed by atoms with Crippen LogP contribution in [0.25, 0.3) is 0 Å². The van der Waals surface area contributed by atoms with Crippen LogP contribution in [0.4, 0.5) is 5.69 Å². The number of nitrogens with zero attached hydrogens (tertiary/aromatic N) is 1. The van der Waals surface area contributed by atoms with Gasteiger partial charge in [-0.2, -0.15) is 4.31 Å². The molecule has 6 nitrogen and oxygen atoms in total. The molecule has 0 atom stereocenters. The van der Waals surface area contributed by atoms with E-state index < -0.39 is 15.9 Å². The van der Waals surface area contributed by atoms with Crippen molar-refractivity contribution in [2.45, 2.75) is 31.6 Å². The van der Waals surface area contributed by atoms with Gasteiger partial charge in [0.2, 0.25) is 10.0 Å². The molecule has 0 saturated heterocycles. The standard InChI is InChI=1S/C26H26Cl2N2O4S/c1-3-5-16-30(4-2)35(33,34)20-13-10-18(11-14-20)26(32)29-24-15-12-19(27)17-22(24)25(31)21-8-6-7-9-23(21)28/h6-15,17H,3-5,16H2,1-2H3,(H,29,32). The fraction of sp³-hybridized carbons (Fsp3) is 0.231. The lowest BCUT2D eigenvalue weighted by Gasteiger charge is -2.20. The SMILES string of the molecule is CCCCN(CC)S(=O)(=O)c1ccc(C(=O)Nc2ccc(Cl)cc2C(=O)c2ccccc2Cl)cc1. The van der Waals surface area contributed by atoms with E-state index in [0.29, 0.717) is 18.1 Å². The van der Waals surface area contributed by atoms with Gasteiger partial charge in [0, 0.05) is 34.8 Å². The highest BCUT2D eigenvalue weighted by Crippen LogP contribution is 2.27. The van der Waals surface area contributed by atoms with Crippen LogP contribution in [0.15, 0.2) is 71.6 Å². The Morgan fingerprint density at radius 3 is 2.23 bits per heavy atom. The average Bonchev–Trinajstić information content (AvgIpc) is 2.85. The molecule has 0 saturated carbocycles. The number of unbranched alkanes of at least 4 members (excludes halogenated alkanes) is 1. The first-order valence-electron chi connectivity index (χ1n) is 11.2. The molecule has 3 aromatic carbocycles. The molecular formula is C26H26Cl2N2O4S. The molecule has 3 rings (SSSR count). The number of sulfonamides is 1. The van der Waals surface area contributed by atoms with Gasteiger partial charge in [-0.3, -0.25) is 9.59 Å². The summed E-state index contributed by atoms with van der Waals surface area (Å²) in [6.45, 7) is 4.60. The summed E-state index contributed by atoms with van der Waals surface area (Å²) in [5.41, 5.74) is 0.974. The molecule has 0 aromatic heterocycles. The van der Waals surface area contributed by atoms with E-state index in [1.54, 1.807) is 37.3 Å². The Bertz CT molecular complexity index is 1330. The molecule has 35 heavy (non-hydrogen) atoms. The van der Waals surface area contributed by atoms with Crippen LogP contribution in [0.1, 0.15) is 53.0 Å². The van der Waals surface area contributed by atoms with Gasteiger partial charge in [-0.05, 0) is 61.0 Å². The van der Waals surface area contributed by atoms with Crippen molar-refractivity contribution in [3.63, 3.8) is 0 Å². The zero-order valence-corrected chi connectivity index (χ0v) is 21.8. The van der Waals surface area contributed by atoms with Crippen molar-refractivity contribution < 1.29 is 18.0 Å². The third kappa shape index (κ3) is 6.30. The predicted octanol–water partition coefficient (Wildman–Crippen LogP) is 6.29. The first-order valence-corrected chi connectivity index (χ1v) is 13.4. The number of nitrogens with one attached hydrogen (secondary N) is 1. The third-order valence-electron chi connectivity index (χ3n) is 5.46. The number of anilines is 1. The summed E-state index contributed by atoms with van der Waals surface area (Å²) in [6.07, 6.45) is 1.65. The van der Waals surface area contributed by atoms with Gasteiger partial charge in [0.25, 0.3) is 5.91 Å². The summed E-state index contributed by atoms with van der Waals surface area (Å²) in [4.78, 5) is 26.2. The number of carbonyl (C=O) groups excluding carboxylic acids is 2. The highest BCUT2D eigenvalue weighted by atomic mass is 35.5. The zero-order chi connectivity index (χ0) is 25.6. The lowest BCUT2D eigenvalue weighted by atomic mass is 10.0. The van der Waals surface area contributed by atoms with Crippen LogP contribution in [0.2, 0.25) is 10.0 Å². The fourth-order valence-corrected chi connectivity index (χ4v) is 5.39. The first-order chi connectivity index (χ1) is 16.7. The molecule has 0 aliphatic rings. The summed E-state index contributed by atoms with van der Waals surface area (Å²) in [5.74, 6) is -0.885. The van der Waals surface area contributed by atoms with Gasteiger partial charge in [0.1, 0.15) is 0 Å². The second-order valence-electron chi connectivity index (χ2n) is 7.83. The molecule has 0 heterocycles. The number of rotatable bonds is 10. The van der Waals surface area contributed by atoms with Crippen LogP contribution in [-0.2, 0) is 10.0 Å². The van der Waals surface area contributed by atoms with E-state index in [1.807, 2.05) is 6.92 Å². The Kier molecular flexibility index (Phi) is 9.08. The fourth-order valence-electron chi connectivity index (χ4n) is 3.51. The summed E-state index contributed by atoms with van der Waals surface area (Å²) in [6, 6.07) is 16.9. The first kappa shape index (κ1) is 26.9. The van der Waals surface area contributed by atoms with Crippen molar-refractivity contribution in [1.82, 2.24) is 4.31 Å². The molecule has 0 aliphatic heterocycles. The Labute approximate surface area is 215 Å². The van der Waals surface area contributed by atoms with Crippen molar-refractivity contribution in [2.75, 3.05) is 18.4 Å². The van der Waals surface area contributed by atoms with E-state index in [2.05, 4.69) is 5.32 Å². The second-order valence-corrected chi connectivity index (χ2v) is 10.6. The second kappa shape index (κ2) is 11.8. The van der Waals surface area contributed by atoms with E-state index in [4.69, 9.17) is 23.2 Å². The van der Waals surface area contributed by atoms with Crippen molar-refractivity contribution in [1.29, 1.82) is 0 Å². The van der Waals surface area contributed by atoms with Crippen LogP contribution in [0.5, 0.6) is 0 Å². The molecule has 184 valence electrons. The van der Waals surface area contributed by atoms with Gasteiger partial charge in [-0.15, -0.1) is 0 Å². The minimum Gasteiger partial charge on any atom is -0.321 e. The summed E-state index contributed by atoms with van der Waals surface area (Å²) in [5, 5.41) is 3.34. The van der Waals surface area contributed by atoms with E-state index in [0.717, 1.165) is 12.8 Å². The molecule has 1 amide bonds. The number of amides is 1. The molecule has 9 heteroatoms. The van der Waals surface area contributed by atoms with Crippen LogP contribution < -0.4 is 5.32 Å². The van der Waals surface area contributed by atoms with Crippen molar-refractivity contribution in [3.05, 3.63) is 93.5 Å². The predicted molar refractivity (Wildman–Crippen MR) is 140 cm³/mol. The van der Waals surface area contributed by atoms with Gasteiger partial charge >= 0.3 is 0 Å². The van der Waals surface area contributed by atoms with E-state index in [9.17, 15) is 18.0 Å². The zero-order valence-electron chi connectivity index (χ0n) is 19.4. The van der Waals surface area contributed by atoms with Crippen molar-refractivity contribution >= 4 is 50.6 Å². The molecule has 0 unspecified atom stereocenters. The minimum absolute atomic E-state index is 0.119. The third-order valence-corrected chi connectivity index (χ3v) is 8.01. The molecular weight excluding hydrogens is 507 g/mol. The van der Waals surface area contributed by atoms with Crippen LogP contribution >= 0.6 is 23.2 Å². The molecule has 0 radical (unpaired) electrons. The highest BCUT2D eigenvalue weighted by molar-refractivity contribution is 7.89. The number of carbonyl (C=O) groups is 2. The van der Waals surface area contributed by atoms with Gasteiger partial charge in [0.15, 0.2) is 5.78 Å². The molecule has 0 fully saturated rings. The summed E-state index contributed by atoms with van der Waals surface area (Å²) >= 11 is 12.3. The summed E-state index contributed by atoms with van der Waals surface area (Å²) in [7, 11) is -3.65. The van der Waals surface area contributed by atoms with Crippen LogP contribution in [0, 0.1) is 0 Å². The van der Waals surface area contributed by atoms with Crippen molar-refractivity contribution in [3.8, 4) is 0 Å². The maximum Gasteiger partial charge on any atom is 0.255 e. The van der Waals surface area contributed by atoms with Gasteiger partial charge < -0.3 is 5.32 Å². The van der Waals surface area contributed by atoms with E-state index in [-0.39, 0.29) is 38.1 Å². The van der Waals surface area contributed by atoms with Gasteiger partial charge in [-0.1, -0.05) is 55.6 Å². The maximum atomic E-state index is 13.1. The van der Waals surface area contributed by atoms with Gasteiger partial charge in [-0.25, -0.2) is 8.42 Å².